The fraction of sp³-hybridized carbons (Fsp3) is 0.167. The molecular weight excluding hydrogens is 290 g/mol. The number of nitrogens with one attached hydrogen (secondary N) is 1. The quantitative estimate of drug-likeness (QED) is 0.944. The summed E-state index contributed by atoms with van der Waals surface area (Å²) >= 11 is 0. The van der Waals surface area contributed by atoms with Gasteiger partial charge in [-0.2, -0.15) is 5.26 Å². The molecule has 116 valence electrons. The van der Waals surface area contributed by atoms with Crippen LogP contribution in [0.25, 0.3) is 0 Å². The molecule has 0 unspecified atom stereocenters. The molecule has 0 fully saturated rings. The van der Waals surface area contributed by atoms with E-state index in [2.05, 4.69) is 5.32 Å². The van der Waals surface area contributed by atoms with Crippen LogP contribution in [0, 0.1) is 11.3 Å². The number of benzene rings is 2. The molecule has 23 heavy (non-hydrogen) atoms. The molecule has 2 amide bonds. The van der Waals surface area contributed by atoms with Gasteiger partial charge >= 0.3 is 0 Å². The van der Waals surface area contributed by atoms with Crippen molar-refractivity contribution in [3.8, 4) is 6.07 Å². The van der Waals surface area contributed by atoms with Gasteiger partial charge in [-0.25, -0.2) is 0 Å². The molecule has 0 aromatic heterocycles. The van der Waals surface area contributed by atoms with E-state index in [1.54, 1.807) is 43.4 Å². The molecule has 2 rings (SSSR count). The third-order valence-corrected chi connectivity index (χ3v) is 3.44. The van der Waals surface area contributed by atoms with Crippen molar-refractivity contribution in [1.29, 1.82) is 5.26 Å². The maximum atomic E-state index is 12.0. The smallest absolute Gasteiger partial charge is 0.228 e. The van der Waals surface area contributed by atoms with Gasteiger partial charge in [-0.05, 0) is 35.9 Å². The van der Waals surface area contributed by atoms with Crippen molar-refractivity contribution in [2.45, 2.75) is 13.3 Å². The predicted molar refractivity (Wildman–Crippen MR) is 89.0 cm³/mol. The van der Waals surface area contributed by atoms with Crippen molar-refractivity contribution in [3.63, 3.8) is 0 Å². The van der Waals surface area contributed by atoms with Crippen molar-refractivity contribution >= 4 is 23.2 Å². The molecule has 0 saturated carbocycles. The SMILES string of the molecule is CC(=O)N(C)c1ccc(CC(=O)Nc2cccc(C#N)c2)cc1. The summed E-state index contributed by atoms with van der Waals surface area (Å²) in [6.45, 7) is 1.50. The maximum Gasteiger partial charge on any atom is 0.228 e. The Labute approximate surface area is 135 Å². The monoisotopic (exact) mass is 307 g/mol. The highest BCUT2D eigenvalue weighted by Crippen LogP contribution is 2.15. The Hall–Kier alpha value is -3.13. The summed E-state index contributed by atoms with van der Waals surface area (Å²) < 4.78 is 0. The van der Waals surface area contributed by atoms with E-state index in [9.17, 15) is 9.59 Å². The zero-order chi connectivity index (χ0) is 16.8. The molecule has 0 aliphatic carbocycles. The number of anilines is 2. The highest BCUT2D eigenvalue weighted by molar-refractivity contribution is 5.93. The van der Waals surface area contributed by atoms with Crippen LogP contribution in [0.1, 0.15) is 18.1 Å². The number of carbonyl (C=O) groups is 2. The lowest BCUT2D eigenvalue weighted by Crippen LogP contribution is -2.22. The molecule has 0 aliphatic rings. The van der Waals surface area contributed by atoms with Crippen LogP contribution < -0.4 is 10.2 Å². The van der Waals surface area contributed by atoms with Crippen LogP contribution in [0.5, 0.6) is 0 Å². The largest absolute Gasteiger partial charge is 0.326 e. The van der Waals surface area contributed by atoms with Gasteiger partial charge < -0.3 is 10.2 Å². The molecule has 0 saturated heterocycles. The lowest BCUT2D eigenvalue weighted by Gasteiger charge is -2.15. The van der Waals surface area contributed by atoms with Gasteiger partial charge in [0.05, 0.1) is 18.1 Å². The van der Waals surface area contributed by atoms with E-state index in [1.165, 1.54) is 11.8 Å². The van der Waals surface area contributed by atoms with Crippen molar-refractivity contribution in [2.24, 2.45) is 0 Å². The zero-order valence-electron chi connectivity index (χ0n) is 13.0. The van der Waals surface area contributed by atoms with E-state index < -0.39 is 0 Å². The third-order valence-electron chi connectivity index (χ3n) is 3.44. The van der Waals surface area contributed by atoms with Crippen LogP contribution in [0.4, 0.5) is 11.4 Å². The summed E-state index contributed by atoms with van der Waals surface area (Å²) in [5.74, 6) is -0.208. The van der Waals surface area contributed by atoms with Gasteiger partial charge in [-0.3, -0.25) is 9.59 Å². The number of carbonyl (C=O) groups excluding carboxylic acids is 2. The molecule has 0 heterocycles. The number of rotatable bonds is 4. The molecule has 1 N–H and O–H groups in total. The summed E-state index contributed by atoms with van der Waals surface area (Å²) in [7, 11) is 1.70. The van der Waals surface area contributed by atoms with E-state index in [4.69, 9.17) is 5.26 Å². The Balaban J connectivity index is 2.00. The Morgan fingerprint density at radius 1 is 1.17 bits per heavy atom. The van der Waals surface area contributed by atoms with Gasteiger partial charge in [0.2, 0.25) is 11.8 Å². The molecule has 5 heteroatoms. The highest BCUT2D eigenvalue weighted by atomic mass is 16.2. The molecule has 0 bridgehead atoms. The molecule has 0 atom stereocenters. The van der Waals surface area contributed by atoms with E-state index in [1.807, 2.05) is 18.2 Å². The minimum Gasteiger partial charge on any atom is -0.326 e. The maximum absolute atomic E-state index is 12.0. The Bertz CT molecular complexity index is 761. The summed E-state index contributed by atoms with van der Waals surface area (Å²) in [5.41, 5.74) is 2.73. The van der Waals surface area contributed by atoms with Gasteiger partial charge in [-0.1, -0.05) is 18.2 Å². The fourth-order valence-electron chi connectivity index (χ4n) is 2.08. The number of amides is 2. The average molecular weight is 307 g/mol. The normalized spacial score (nSPS) is 9.78. The number of nitriles is 1. The predicted octanol–water partition coefficient (Wildman–Crippen LogP) is 2.72. The summed E-state index contributed by atoms with van der Waals surface area (Å²) in [4.78, 5) is 24.9. The minimum atomic E-state index is -0.159. The first-order valence-electron chi connectivity index (χ1n) is 7.13. The van der Waals surface area contributed by atoms with Gasteiger partial charge in [0.1, 0.15) is 0 Å². The Kier molecular flexibility index (Phi) is 5.11. The molecule has 2 aromatic carbocycles. The molecule has 0 radical (unpaired) electrons. The van der Waals surface area contributed by atoms with Crippen molar-refractivity contribution in [2.75, 3.05) is 17.3 Å². The van der Waals surface area contributed by atoms with E-state index in [0.29, 0.717) is 11.3 Å². The zero-order valence-corrected chi connectivity index (χ0v) is 13.0. The first-order valence-corrected chi connectivity index (χ1v) is 7.13. The minimum absolute atomic E-state index is 0.0483. The van der Waals surface area contributed by atoms with Crippen LogP contribution in [0.15, 0.2) is 48.5 Å². The molecule has 5 nitrogen and oxygen atoms in total. The van der Waals surface area contributed by atoms with E-state index in [-0.39, 0.29) is 18.2 Å². The van der Waals surface area contributed by atoms with Crippen molar-refractivity contribution in [3.05, 3.63) is 59.7 Å². The van der Waals surface area contributed by atoms with Crippen LogP contribution in [0.3, 0.4) is 0 Å². The lowest BCUT2D eigenvalue weighted by atomic mass is 10.1. The standard InChI is InChI=1S/C18H17N3O2/c1-13(22)21(2)17-8-6-14(7-9-17)11-18(23)20-16-5-3-4-15(10-16)12-19/h3-10H,11H2,1-2H3,(H,20,23). The summed E-state index contributed by atoms with van der Waals surface area (Å²) in [6, 6.07) is 16.1. The molecule has 0 aliphatic heterocycles. The first kappa shape index (κ1) is 16.2. The van der Waals surface area contributed by atoms with Crippen LogP contribution in [-0.2, 0) is 16.0 Å². The van der Waals surface area contributed by atoms with Gasteiger partial charge in [0.25, 0.3) is 0 Å². The Morgan fingerprint density at radius 2 is 1.87 bits per heavy atom. The van der Waals surface area contributed by atoms with Crippen molar-refractivity contribution < 1.29 is 9.59 Å². The van der Waals surface area contributed by atoms with E-state index >= 15 is 0 Å². The van der Waals surface area contributed by atoms with Gasteiger partial charge in [-0.15, -0.1) is 0 Å². The van der Waals surface area contributed by atoms with E-state index in [0.717, 1.165) is 11.3 Å². The first-order chi connectivity index (χ1) is 11.0. The van der Waals surface area contributed by atoms with Crippen LogP contribution in [-0.4, -0.2) is 18.9 Å². The third kappa shape index (κ3) is 4.42. The second-order valence-electron chi connectivity index (χ2n) is 5.16. The second kappa shape index (κ2) is 7.23. The molecule has 2 aromatic rings. The fourth-order valence-corrected chi connectivity index (χ4v) is 2.08. The average Bonchev–Trinajstić information content (AvgIpc) is 2.54. The second-order valence-corrected chi connectivity index (χ2v) is 5.16. The number of nitrogens with zero attached hydrogens (tertiary/aromatic N) is 2. The highest BCUT2D eigenvalue weighted by Gasteiger charge is 2.07. The van der Waals surface area contributed by atoms with Gasteiger partial charge in [0.15, 0.2) is 0 Å². The lowest BCUT2D eigenvalue weighted by molar-refractivity contribution is -0.116. The summed E-state index contributed by atoms with van der Waals surface area (Å²) in [6.07, 6.45) is 0.223. The number of hydrogen-bond acceptors (Lipinski definition) is 3. The Morgan fingerprint density at radius 3 is 2.48 bits per heavy atom. The van der Waals surface area contributed by atoms with Crippen LogP contribution in [0.2, 0.25) is 0 Å². The number of hydrogen-bond donors (Lipinski definition) is 1. The molecule has 0 spiro atoms. The summed E-state index contributed by atoms with van der Waals surface area (Å²) in [5, 5.41) is 11.6. The topological polar surface area (TPSA) is 73.2 Å². The molecular formula is C18H17N3O2. The van der Waals surface area contributed by atoms with Gasteiger partial charge in [0, 0.05) is 25.3 Å². The van der Waals surface area contributed by atoms with Crippen molar-refractivity contribution in [1.82, 2.24) is 0 Å². The van der Waals surface area contributed by atoms with Crippen LogP contribution >= 0.6 is 0 Å².